The van der Waals surface area contributed by atoms with Crippen LogP contribution in [0.2, 0.25) is 0 Å². The van der Waals surface area contributed by atoms with E-state index in [0.29, 0.717) is 17.6 Å². The first-order chi connectivity index (χ1) is 5.68. The molecular formula is C11H16O. The molecule has 0 aromatic rings. The van der Waals surface area contributed by atoms with Gasteiger partial charge in [0, 0.05) is 5.92 Å². The lowest BCUT2D eigenvalue weighted by Crippen LogP contribution is -2.21. The van der Waals surface area contributed by atoms with Crippen molar-refractivity contribution in [3.05, 3.63) is 12.2 Å². The molecule has 1 nitrogen and oxygen atoms in total. The summed E-state index contributed by atoms with van der Waals surface area (Å²) >= 11 is 0. The average Bonchev–Trinajstić information content (AvgIpc) is 2.62. The maximum Gasteiger partial charge on any atom is 0.161 e. The first-order valence-electron chi connectivity index (χ1n) is 4.88. The van der Waals surface area contributed by atoms with Crippen LogP contribution < -0.4 is 0 Å². The molecule has 3 atom stereocenters. The molecule has 66 valence electrons. The number of carbonyl (C=O) groups excluding carboxylic acids is 1. The summed E-state index contributed by atoms with van der Waals surface area (Å²) in [5.74, 6) is 2.26. The van der Waals surface area contributed by atoms with Crippen LogP contribution in [0, 0.1) is 17.8 Å². The van der Waals surface area contributed by atoms with Crippen molar-refractivity contribution in [1.29, 1.82) is 0 Å². The average molecular weight is 164 g/mol. The maximum absolute atomic E-state index is 11.6. The Morgan fingerprint density at radius 1 is 1.33 bits per heavy atom. The summed E-state index contributed by atoms with van der Waals surface area (Å²) in [6.45, 7) is 5.58. The molecule has 2 saturated carbocycles. The van der Waals surface area contributed by atoms with E-state index in [9.17, 15) is 4.79 Å². The summed E-state index contributed by atoms with van der Waals surface area (Å²) in [6, 6.07) is 0. The Labute approximate surface area is 73.8 Å². The van der Waals surface area contributed by atoms with Crippen molar-refractivity contribution in [1.82, 2.24) is 0 Å². The van der Waals surface area contributed by atoms with Gasteiger partial charge in [0.2, 0.25) is 0 Å². The van der Waals surface area contributed by atoms with Crippen LogP contribution in [-0.2, 0) is 4.79 Å². The third kappa shape index (κ3) is 1.12. The highest BCUT2D eigenvalue weighted by Gasteiger charge is 2.42. The van der Waals surface area contributed by atoms with E-state index in [4.69, 9.17) is 0 Å². The number of Topliss-reactive ketones (excluding diaryl/α,β-unsaturated/α-hetero) is 1. The van der Waals surface area contributed by atoms with Crippen LogP contribution in [0.15, 0.2) is 12.2 Å². The second kappa shape index (κ2) is 2.72. The van der Waals surface area contributed by atoms with E-state index < -0.39 is 0 Å². The molecule has 1 heteroatoms. The third-order valence-corrected chi connectivity index (χ3v) is 3.50. The van der Waals surface area contributed by atoms with Crippen molar-refractivity contribution in [2.24, 2.45) is 17.8 Å². The van der Waals surface area contributed by atoms with Gasteiger partial charge in [0.25, 0.3) is 0 Å². The van der Waals surface area contributed by atoms with Crippen LogP contribution in [0.25, 0.3) is 0 Å². The van der Waals surface area contributed by atoms with E-state index in [-0.39, 0.29) is 0 Å². The van der Waals surface area contributed by atoms with Crippen LogP contribution in [-0.4, -0.2) is 5.78 Å². The van der Waals surface area contributed by atoms with Gasteiger partial charge in [-0.1, -0.05) is 13.0 Å². The van der Waals surface area contributed by atoms with Gasteiger partial charge >= 0.3 is 0 Å². The topological polar surface area (TPSA) is 17.1 Å². The summed E-state index contributed by atoms with van der Waals surface area (Å²) < 4.78 is 0. The molecule has 0 amide bonds. The van der Waals surface area contributed by atoms with E-state index in [0.717, 1.165) is 17.9 Å². The highest BCUT2D eigenvalue weighted by Crippen LogP contribution is 2.49. The highest BCUT2D eigenvalue weighted by molar-refractivity contribution is 5.96. The maximum atomic E-state index is 11.6. The van der Waals surface area contributed by atoms with E-state index in [1.165, 1.54) is 19.3 Å². The molecule has 2 aliphatic carbocycles. The molecule has 2 aliphatic rings. The van der Waals surface area contributed by atoms with Crippen molar-refractivity contribution < 1.29 is 4.79 Å². The molecule has 0 spiro atoms. The molecule has 12 heavy (non-hydrogen) atoms. The fraction of sp³-hybridized carbons (Fsp3) is 0.727. The number of fused-ring (bicyclic) bond motifs is 2. The second-order valence-corrected chi connectivity index (χ2v) is 4.43. The van der Waals surface area contributed by atoms with Gasteiger partial charge in [0.15, 0.2) is 5.78 Å². The molecule has 2 rings (SSSR count). The largest absolute Gasteiger partial charge is 0.294 e. The van der Waals surface area contributed by atoms with Gasteiger partial charge in [0.05, 0.1) is 0 Å². The van der Waals surface area contributed by atoms with Gasteiger partial charge in [-0.15, -0.1) is 0 Å². The summed E-state index contributed by atoms with van der Waals surface area (Å²) in [5.41, 5.74) is 0.757. The van der Waals surface area contributed by atoms with E-state index in [1.807, 2.05) is 6.92 Å². The fourth-order valence-electron chi connectivity index (χ4n) is 2.88. The summed E-state index contributed by atoms with van der Waals surface area (Å²) in [7, 11) is 0. The monoisotopic (exact) mass is 164 g/mol. The first kappa shape index (κ1) is 8.03. The molecule has 0 aromatic carbocycles. The Kier molecular flexibility index (Phi) is 1.82. The van der Waals surface area contributed by atoms with Crippen LogP contribution in [0.5, 0.6) is 0 Å². The lowest BCUT2D eigenvalue weighted by atomic mass is 9.84. The standard InChI is InChI=1S/C11H16O/c1-7(2)11(12)10-6-8-3-4-9(10)5-8/h8-10H,1,3-6H2,2H3. The Morgan fingerprint density at radius 3 is 2.50 bits per heavy atom. The number of rotatable bonds is 2. The van der Waals surface area contributed by atoms with Gasteiger partial charge in [-0.05, 0) is 43.6 Å². The zero-order valence-electron chi connectivity index (χ0n) is 7.68. The Bertz CT molecular complexity index is 229. The Balaban J connectivity index is 2.07. The lowest BCUT2D eigenvalue weighted by Gasteiger charge is -2.19. The van der Waals surface area contributed by atoms with Gasteiger partial charge in [-0.3, -0.25) is 4.79 Å². The van der Waals surface area contributed by atoms with E-state index >= 15 is 0 Å². The quantitative estimate of drug-likeness (QED) is 0.573. The zero-order chi connectivity index (χ0) is 8.72. The molecule has 3 unspecified atom stereocenters. The van der Waals surface area contributed by atoms with Gasteiger partial charge < -0.3 is 0 Å². The molecular weight excluding hydrogens is 148 g/mol. The van der Waals surface area contributed by atoms with Crippen molar-refractivity contribution in [3.8, 4) is 0 Å². The SMILES string of the molecule is C=C(C)C(=O)C1CC2CCC1C2. The molecule has 2 bridgehead atoms. The summed E-state index contributed by atoms with van der Waals surface area (Å²) in [6.07, 6.45) is 5.11. The normalized spacial score (nSPS) is 38.6. The number of ketones is 1. The summed E-state index contributed by atoms with van der Waals surface area (Å²) in [4.78, 5) is 11.6. The van der Waals surface area contributed by atoms with Crippen molar-refractivity contribution in [3.63, 3.8) is 0 Å². The number of carbonyl (C=O) groups is 1. The van der Waals surface area contributed by atoms with Gasteiger partial charge in [-0.25, -0.2) is 0 Å². The number of hydrogen-bond donors (Lipinski definition) is 0. The smallest absolute Gasteiger partial charge is 0.161 e. The lowest BCUT2D eigenvalue weighted by molar-refractivity contribution is -0.120. The molecule has 2 fully saturated rings. The van der Waals surface area contributed by atoms with Crippen molar-refractivity contribution in [2.75, 3.05) is 0 Å². The van der Waals surface area contributed by atoms with Crippen molar-refractivity contribution >= 4 is 5.78 Å². The highest BCUT2D eigenvalue weighted by atomic mass is 16.1. The van der Waals surface area contributed by atoms with E-state index in [1.54, 1.807) is 0 Å². The van der Waals surface area contributed by atoms with Gasteiger partial charge in [-0.2, -0.15) is 0 Å². The molecule has 0 saturated heterocycles. The molecule has 0 radical (unpaired) electrons. The fourth-order valence-corrected chi connectivity index (χ4v) is 2.88. The summed E-state index contributed by atoms with van der Waals surface area (Å²) in [5, 5.41) is 0. The van der Waals surface area contributed by atoms with Gasteiger partial charge in [0.1, 0.15) is 0 Å². The molecule has 0 aliphatic heterocycles. The predicted molar refractivity (Wildman–Crippen MR) is 48.8 cm³/mol. The number of allylic oxidation sites excluding steroid dienone is 1. The number of hydrogen-bond acceptors (Lipinski definition) is 1. The Hall–Kier alpha value is -0.590. The predicted octanol–water partition coefficient (Wildman–Crippen LogP) is 2.57. The molecule has 0 aromatic heterocycles. The van der Waals surface area contributed by atoms with Crippen LogP contribution in [0.1, 0.15) is 32.6 Å². The first-order valence-corrected chi connectivity index (χ1v) is 4.88. The van der Waals surface area contributed by atoms with Crippen LogP contribution >= 0.6 is 0 Å². The zero-order valence-corrected chi connectivity index (χ0v) is 7.68. The molecule has 0 heterocycles. The minimum atomic E-state index is 0.335. The Morgan fingerprint density at radius 2 is 2.08 bits per heavy atom. The second-order valence-electron chi connectivity index (χ2n) is 4.43. The van der Waals surface area contributed by atoms with Crippen molar-refractivity contribution in [2.45, 2.75) is 32.6 Å². The van der Waals surface area contributed by atoms with Crippen LogP contribution in [0.3, 0.4) is 0 Å². The van der Waals surface area contributed by atoms with Crippen LogP contribution in [0.4, 0.5) is 0 Å². The minimum Gasteiger partial charge on any atom is -0.294 e. The minimum absolute atomic E-state index is 0.335. The van der Waals surface area contributed by atoms with E-state index in [2.05, 4.69) is 6.58 Å². The third-order valence-electron chi connectivity index (χ3n) is 3.50. The molecule has 0 N–H and O–H groups in total.